The van der Waals surface area contributed by atoms with Crippen molar-refractivity contribution in [2.24, 2.45) is 0 Å². The van der Waals surface area contributed by atoms with Gasteiger partial charge in [0.2, 0.25) is 0 Å². The molecule has 7 aromatic rings. The van der Waals surface area contributed by atoms with Gasteiger partial charge in [-0.2, -0.15) is 0 Å². The van der Waals surface area contributed by atoms with Crippen LogP contribution in [0.4, 0.5) is 0 Å². The highest BCUT2D eigenvalue weighted by molar-refractivity contribution is 9.10. The van der Waals surface area contributed by atoms with Gasteiger partial charge in [0.25, 0.3) is 0 Å². The van der Waals surface area contributed by atoms with Gasteiger partial charge in [0.1, 0.15) is 0 Å². The average Bonchev–Trinajstić information content (AvgIpc) is 3.09. The van der Waals surface area contributed by atoms with Crippen molar-refractivity contribution in [1.29, 1.82) is 0 Å². The van der Waals surface area contributed by atoms with Crippen LogP contribution < -0.4 is 0 Å². The molecule has 0 fully saturated rings. The first-order chi connectivity index (χ1) is 21.2. The molecule has 0 bridgehead atoms. The van der Waals surface area contributed by atoms with Gasteiger partial charge in [-0.05, 0) is 121 Å². The van der Waals surface area contributed by atoms with Crippen molar-refractivity contribution in [2.75, 3.05) is 0 Å². The minimum atomic E-state index is 0.960. The van der Waals surface area contributed by atoms with E-state index in [4.69, 9.17) is 0 Å². The summed E-state index contributed by atoms with van der Waals surface area (Å²) in [6.07, 6.45) is 11.1. The van der Waals surface area contributed by atoms with Crippen LogP contribution in [-0.4, -0.2) is 15.0 Å². The standard InChI is InChI=1S/C39H26BrN3/c40-39-22-38(25-43-26-39)32-11-3-10-31(18-32)37-20-35(29-8-1-6-27(16-29)33-12-4-14-41-23-33)19-36(21-37)30-9-2-7-28(17-30)34-13-5-15-42-24-34/h1-26H. The van der Waals surface area contributed by atoms with Crippen LogP contribution in [0, 0.1) is 0 Å². The van der Waals surface area contributed by atoms with E-state index in [1.54, 1.807) is 12.4 Å². The molecule has 3 nitrogen and oxygen atoms in total. The summed E-state index contributed by atoms with van der Waals surface area (Å²) in [5.74, 6) is 0. The third kappa shape index (κ3) is 5.92. The van der Waals surface area contributed by atoms with Gasteiger partial charge < -0.3 is 0 Å². The summed E-state index contributed by atoms with van der Waals surface area (Å²) in [6.45, 7) is 0. The summed E-state index contributed by atoms with van der Waals surface area (Å²) in [6, 6.07) is 43.1. The zero-order valence-electron chi connectivity index (χ0n) is 23.2. The summed E-state index contributed by atoms with van der Waals surface area (Å²) in [4.78, 5) is 13.0. The van der Waals surface area contributed by atoms with Crippen molar-refractivity contribution in [2.45, 2.75) is 0 Å². The van der Waals surface area contributed by atoms with Crippen LogP contribution in [0.25, 0.3) is 66.8 Å². The molecule has 204 valence electrons. The lowest BCUT2D eigenvalue weighted by atomic mass is 9.91. The van der Waals surface area contributed by atoms with E-state index in [0.717, 1.165) is 71.2 Å². The molecule has 4 aromatic carbocycles. The monoisotopic (exact) mass is 615 g/mol. The first-order valence-electron chi connectivity index (χ1n) is 14.1. The molecule has 0 atom stereocenters. The molecule has 0 spiro atoms. The maximum Gasteiger partial charge on any atom is 0.0410 e. The van der Waals surface area contributed by atoms with Crippen molar-refractivity contribution in [1.82, 2.24) is 15.0 Å². The van der Waals surface area contributed by atoms with E-state index in [9.17, 15) is 0 Å². The number of rotatable bonds is 6. The van der Waals surface area contributed by atoms with E-state index in [1.807, 2.05) is 36.9 Å². The Morgan fingerprint density at radius 1 is 0.302 bits per heavy atom. The smallest absolute Gasteiger partial charge is 0.0410 e. The Bertz CT molecular complexity index is 1940. The van der Waals surface area contributed by atoms with E-state index >= 15 is 0 Å². The molecule has 0 aliphatic rings. The van der Waals surface area contributed by atoms with Crippen molar-refractivity contribution >= 4 is 15.9 Å². The fraction of sp³-hybridized carbons (Fsp3) is 0. The fourth-order valence-electron chi connectivity index (χ4n) is 5.40. The molecule has 0 amide bonds. The second-order valence-corrected chi connectivity index (χ2v) is 11.3. The molecule has 0 N–H and O–H groups in total. The minimum absolute atomic E-state index is 0.960. The summed E-state index contributed by atoms with van der Waals surface area (Å²) in [7, 11) is 0. The largest absolute Gasteiger partial charge is 0.264 e. The Kier molecular flexibility index (Phi) is 7.43. The van der Waals surface area contributed by atoms with E-state index in [1.165, 1.54) is 0 Å². The molecule has 43 heavy (non-hydrogen) atoms. The van der Waals surface area contributed by atoms with E-state index in [-0.39, 0.29) is 0 Å². The highest BCUT2D eigenvalue weighted by Gasteiger charge is 2.11. The molecule has 0 saturated carbocycles. The van der Waals surface area contributed by atoms with Gasteiger partial charge in [0.05, 0.1) is 0 Å². The first kappa shape index (κ1) is 26.7. The fourth-order valence-corrected chi connectivity index (χ4v) is 5.76. The normalized spacial score (nSPS) is 10.9. The Labute approximate surface area is 259 Å². The summed E-state index contributed by atoms with van der Waals surface area (Å²) >= 11 is 3.57. The van der Waals surface area contributed by atoms with Crippen molar-refractivity contribution in [3.8, 4) is 66.8 Å². The quantitative estimate of drug-likeness (QED) is 0.187. The molecular formula is C39H26BrN3. The van der Waals surface area contributed by atoms with E-state index < -0.39 is 0 Å². The Morgan fingerprint density at radius 2 is 0.651 bits per heavy atom. The molecular weight excluding hydrogens is 590 g/mol. The van der Waals surface area contributed by atoms with Crippen molar-refractivity contribution in [3.63, 3.8) is 0 Å². The third-order valence-corrected chi connectivity index (χ3v) is 7.98. The van der Waals surface area contributed by atoms with Crippen LogP contribution in [-0.2, 0) is 0 Å². The Hall–Kier alpha value is -5.19. The van der Waals surface area contributed by atoms with Gasteiger partial charge in [-0.3, -0.25) is 15.0 Å². The second kappa shape index (κ2) is 12.0. The first-order valence-corrected chi connectivity index (χ1v) is 14.9. The zero-order valence-corrected chi connectivity index (χ0v) is 24.8. The average molecular weight is 617 g/mol. The molecule has 0 radical (unpaired) electrons. The Morgan fingerprint density at radius 3 is 1.05 bits per heavy atom. The lowest BCUT2D eigenvalue weighted by Gasteiger charge is -2.14. The van der Waals surface area contributed by atoms with Crippen LogP contribution in [0.15, 0.2) is 163 Å². The summed E-state index contributed by atoms with van der Waals surface area (Å²) < 4.78 is 0.960. The van der Waals surface area contributed by atoms with E-state index in [0.29, 0.717) is 0 Å². The number of hydrogen-bond donors (Lipinski definition) is 0. The van der Waals surface area contributed by atoms with Gasteiger partial charge in [0, 0.05) is 58.3 Å². The lowest BCUT2D eigenvalue weighted by molar-refractivity contribution is 1.31. The molecule has 0 aliphatic heterocycles. The number of aromatic nitrogens is 3. The highest BCUT2D eigenvalue weighted by Crippen LogP contribution is 2.36. The molecule has 0 unspecified atom stereocenters. The van der Waals surface area contributed by atoms with Crippen LogP contribution in [0.5, 0.6) is 0 Å². The van der Waals surface area contributed by atoms with Crippen molar-refractivity contribution in [3.05, 3.63) is 163 Å². The number of benzene rings is 4. The zero-order chi connectivity index (χ0) is 29.0. The van der Waals surface area contributed by atoms with Gasteiger partial charge in [-0.15, -0.1) is 0 Å². The van der Waals surface area contributed by atoms with Crippen molar-refractivity contribution < 1.29 is 0 Å². The number of hydrogen-bond acceptors (Lipinski definition) is 3. The maximum atomic E-state index is 4.38. The molecule has 0 saturated heterocycles. The minimum Gasteiger partial charge on any atom is -0.264 e. The van der Waals surface area contributed by atoms with Gasteiger partial charge in [-0.1, -0.05) is 66.7 Å². The predicted molar refractivity (Wildman–Crippen MR) is 180 cm³/mol. The number of nitrogens with zero attached hydrogens (tertiary/aromatic N) is 3. The SMILES string of the molecule is Brc1cncc(-c2cccc(-c3cc(-c4cccc(-c5cccnc5)c4)cc(-c4cccc(-c5cccnc5)c4)c3)c2)c1. The van der Waals surface area contributed by atoms with Crippen LogP contribution in [0.2, 0.25) is 0 Å². The lowest BCUT2D eigenvalue weighted by Crippen LogP contribution is -1.89. The van der Waals surface area contributed by atoms with Gasteiger partial charge in [-0.25, -0.2) is 0 Å². The summed E-state index contributed by atoms with van der Waals surface area (Å²) in [5, 5.41) is 0. The van der Waals surface area contributed by atoms with Crippen LogP contribution >= 0.6 is 15.9 Å². The maximum absolute atomic E-state index is 4.38. The van der Waals surface area contributed by atoms with Crippen LogP contribution in [0.3, 0.4) is 0 Å². The number of pyridine rings is 3. The van der Waals surface area contributed by atoms with Crippen LogP contribution in [0.1, 0.15) is 0 Å². The molecule has 3 aromatic heterocycles. The molecule has 0 aliphatic carbocycles. The molecule has 7 rings (SSSR count). The predicted octanol–water partition coefficient (Wildman–Crippen LogP) is 10.6. The number of halogens is 1. The Balaban J connectivity index is 1.38. The van der Waals surface area contributed by atoms with Gasteiger partial charge >= 0.3 is 0 Å². The van der Waals surface area contributed by atoms with Gasteiger partial charge in [0.15, 0.2) is 0 Å². The topological polar surface area (TPSA) is 38.7 Å². The second-order valence-electron chi connectivity index (χ2n) is 10.4. The highest BCUT2D eigenvalue weighted by atomic mass is 79.9. The summed E-state index contributed by atoms with van der Waals surface area (Å²) in [5.41, 5.74) is 13.6. The molecule has 3 heterocycles. The third-order valence-electron chi connectivity index (χ3n) is 7.55. The van der Waals surface area contributed by atoms with E-state index in [2.05, 4.69) is 140 Å². The molecule has 4 heteroatoms.